The number of rotatable bonds is 6. The minimum atomic E-state index is -1.01. The molecule has 0 atom stereocenters. The Hall–Kier alpha value is -2.50. The van der Waals surface area contributed by atoms with Gasteiger partial charge in [0.2, 0.25) is 0 Å². The number of carboxylic acids is 1. The molecule has 1 heterocycles. The highest BCUT2D eigenvalue weighted by Crippen LogP contribution is 2.29. The highest BCUT2D eigenvalue weighted by Gasteiger charge is 2.10. The lowest BCUT2D eigenvalue weighted by Gasteiger charge is -2.12. The van der Waals surface area contributed by atoms with Crippen LogP contribution >= 0.6 is 0 Å². The Morgan fingerprint density at radius 3 is 2.55 bits per heavy atom. The molecular formula is C14H16N2O4. The van der Waals surface area contributed by atoms with Crippen LogP contribution in [0.2, 0.25) is 0 Å². The predicted octanol–water partition coefficient (Wildman–Crippen LogP) is 2.37. The van der Waals surface area contributed by atoms with Crippen molar-refractivity contribution in [1.29, 1.82) is 0 Å². The van der Waals surface area contributed by atoms with Crippen LogP contribution < -0.4 is 9.47 Å². The number of carboxylic acid groups (broad SMARTS) is 1. The third-order valence-electron chi connectivity index (χ3n) is 2.62. The van der Waals surface area contributed by atoms with E-state index in [-0.39, 0.29) is 5.56 Å². The van der Waals surface area contributed by atoms with Crippen molar-refractivity contribution in [2.24, 2.45) is 0 Å². The van der Waals surface area contributed by atoms with E-state index in [2.05, 4.69) is 5.10 Å². The Balaban J connectivity index is 2.36. The van der Waals surface area contributed by atoms with Crippen molar-refractivity contribution in [2.45, 2.75) is 13.8 Å². The lowest BCUT2D eigenvalue weighted by atomic mass is 10.2. The fourth-order valence-electron chi connectivity index (χ4n) is 1.76. The lowest BCUT2D eigenvalue weighted by Crippen LogP contribution is -2.01. The largest absolute Gasteiger partial charge is 0.490 e. The second kappa shape index (κ2) is 6.10. The summed E-state index contributed by atoms with van der Waals surface area (Å²) in [5, 5.41) is 12.9. The molecule has 0 fully saturated rings. The van der Waals surface area contributed by atoms with Crippen LogP contribution in [0.25, 0.3) is 5.69 Å². The molecule has 106 valence electrons. The van der Waals surface area contributed by atoms with E-state index in [9.17, 15) is 4.79 Å². The second-order valence-electron chi connectivity index (χ2n) is 3.98. The second-order valence-corrected chi connectivity index (χ2v) is 3.98. The first kappa shape index (κ1) is 13.9. The van der Waals surface area contributed by atoms with E-state index < -0.39 is 5.97 Å². The molecule has 20 heavy (non-hydrogen) atoms. The van der Waals surface area contributed by atoms with Crippen LogP contribution in [0, 0.1) is 0 Å². The van der Waals surface area contributed by atoms with Gasteiger partial charge in [-0.3, -0.25) is 0 Å². The molecule has 0 saturated carbocycles. The molecule has 0 spiro atoms. The summed E-state index contributed by atoms with van der Waals surface area (Å²) in [6.45, 7) is 4.85. The summed E-state index contributed by atoms with van der Waals surface area (Å²) in [6.07, 6.45) is 2.76. The van der Waals surface area contributed by atoms with Crippen LogP contribution in [0.15, 0.2) is 30.6 Å². The van der Waals surface area contributed by atoms with Crippen LogP contribution in [0.3, 0.4) is 0 Å². The molecule has 0 aliphatic heterocycles. The monoisotopic (exact) mass is 276 g/mol. The average molecular weight is 276 g/mol. The van der Waals surface area contributed by atoms with Gasteiger partial charge in [0.1, 0.15) is 0 Å². The quantitative estimate of drug-likeness (QED) is 0.876. The smallest absolute Gasteiger partial charge is 0.338 e. The van der Waals surface area contributed by atoms with Gasteiger partial charge in [0, 0.05) is 12.3 Å². The number of aromatic nitrogens is 2. The van der Waals surface area contributed by atoms with Gasteiger partial charge in [0.25, 0.3) is 0 Å². The first-order chi connectivity index (χ1) is 9.65. The molecule has 0 bridgehead atoms. The van der Waals surface area contributed by atoms with Crippen molar-refractivity contribution in [2.75, 3.05) is 13.2 Å². The van der Waals surface area contributed by atoms with E-state index in [4.69, 9.17) is 14.6 Å². The molecular weight excluding hydrogens is 260 g/mol. The van der Waals surface area contributed by atoms with E-state index in [0.29, 0.717) is 30.4 Å². The number of benzene rings is 1. The van der Waals surface area contributed by atoms with E-state index >= 15 is 0 Å². The number of carbonyl (C=O) groups is 1. The molecule has 0 amide bonds. The molecule has 1 aromatic heterocycles. The molecule has 6 heteroatoms. The first-order valence-corrected chi connectivity index (χ1v) is 6.33. The van der Waals surface area contributed by atoms with Gasteiger partial charge in [0.15, 0.2) is 11.5 Å². The van der Waals surface area contributed by atoms with Crippen LogP contribution in [0.1, 0.15) is 24.2 Å². The molecule has 6 nitrogen and oxygen atoms in total. The van der Waals surface area contributed by atoms with Crippen molar-refractivity contribution >= 4 is 5.97 Å². The zero-order valence-corrected chi connectivity index (χ0v) is 11.4. The van der Waals surface area contributed by atoms with Gasteiger partial charge in [-0.2, -0.15) is 5.10 Å². The highest BCUT2D eigenvalue weighted by molar-refractivity contribution is 5.87. The molecule has 2 aromatic rings. The third kappa shape index (κ3) is 2.90. The Bertz CT molecular complexity index is 607. The summed E-state index contributed by atoms with van der Waals surface area (Å²) in [7, 11) is 0. The summed E-state index contributed by atoms with van der Waals surface area (Å²) in [5.41, 5.74) is 0.848. The van der Waals surface area contributed by atoms with Crippen molar-refractivity contribution in [1.82, 2.24) is 9.78 Å². The van der Waals surface area contributed by atoms with E-state index in [1.807, 2.05) is 13.8 Å². The van der Waals surface area contributed by atoms with Gasteiger partial charge < -0.3 is 14.6 Å². The molecule has 0 radical (unpaired) electrons. The number of hydrogen-bond acceptors (Lipinski definition) is 4. The standard InChI is InChI=1S/C14H16N2O4/c1-3-19-12-6-5-11(7-13(12)20-4-2)16-9-10(8-15-16)14(17)18/h5-9H,3-4H2,1-2H3,(H,17,18). The molecule has 1 N–H and O–H groups in total. The number of nitrogens with zero attached hydrogens (tertiary/aromatic N) is 2. The molecule has 0 saturated heterocycles. The van der Waals surface area contributed by atoms with Gasteiger partial charge in [0.05, 0.1) is 30.7 Å². The third-order valence-corrected chi connectivity index (χ3v) is 2.62. The van der Waals surface area contributed by atoms with Crippen LogP contribution in [0.4, 0.5) is 0 Å². The topological polar surface area (TPSA) is 73.6 Å². The number of hydrogen-bond donors (Lipinski definition) is 1. The highest BCUT2D eigenvalue weighted by atomic mass is 16.5. The Morgan fingerprint density at radius 2 is 1.95 bits per heavy atom. The molecule has 1 aromatic carbocycles. The summed E-state index contributed by atoms with van der Waals surface area (Å²) in [5.74, 6) is 0.259. The first-order valence-electron chi connectivity index (χ1n) is 6.33. The normalized spacial score (nSPS) is 10.3. The SMILES string of the molecule is CCOc1ccc(-n2cc(C(=O)O)cn2)cc1OCC. The molecule has 0 aliphatic rings. The molecule has 2 rings (SSSR count). The lowest BCUT2D eigenvalue weighted by molar-refractivity contribution is 0.0697. The van der Waals surface area contributed by atoms with Crippen molar-refractivity contribution < 1.29 is 19.4 Å². The number of ether oxygens (including phenoxy) is 2. The minimum Gasteiger partial charge on any atom is -0.490 e. The van der Waals surface area contributed by atoms with Crippen molar-refractivity contribution in [3.8, 4) is 17.2 Å². The summed E-state index contributed by atoms with van der Waals surface area (Å²) < 4.78 is 12.5. The number of aromatic carboxylic acids is 1. The zero-order chi connectivity index (χ0) is 14.5. The van der Waals surface area contributed by atoms with E-state index in [1.165, 1.54) is 17.1 Å². The maximum absolute atomic E-state index is 10.9. The summed E-state index contributed by atoms with van der Waals surface area (Å²) in [4.78, 5) is 10.9. The minimum absolute atomic E-state index is 0.136. The van der Waals surface area contributed by atoms with Crippen molar-refractivity contribution in [3.63, 3.8) is 0 Å². The van der Waals surface area contributed by atoms with Gasteiger partial charge >= 0.3 is 5.97 Å². The Morgan fingerprint density at radius 1 is 1.25 bits per heavy atom. The molecule has 0 aliphatic carbocycles. The van der Waals surface area contributed by atoms with E-state index in [0.717, 1.165) is 0 Å². The molecule has 0 unspecified atom stereocenters. The van der Waals surface area contributed by atoms with Crippen LogP contribution in [-0.2, 0) is 0 Å². The van der Waals surface area contributed by atoms with Gasteiger partial charge in [-0.1, -0.05) is 0 Å². The predicted molar refractivity (Wildman–Crippen MR) is 72.9 cm³/mol. The van der Waals surface area contributed by atoms with Crippen molar-refractivity contribution in [3.05, 3.63) is 36.2 Å². The van der Waals surface area contributed by atoms with Crippen LogP contribution in [0.5, 0.6) is 11.5 Å². The van der Waals surface area contributed by atoms with Gasteiger partial charge in [-0.25, -0.2) is 9.48 Å². The fraction of sp³-hybridized carbons (Fsp3) is 0.286. The van der Waals surface area contributed by atoms with Crippen LogP contribution in [-0.4, -0.2) is 34.1 Å². The average Bonchev–Trinajstić information content (AvgIpc) is 2.91. The fourth-order valence-corrected chi connectivity index (χ4v) is 1.76. The maximum Gasteiger partial charge on any atom is 0.338 e. The Labute approximate surface area is 116 Å². The van der Waals surface area contributed by atoms with E-state index in [1.54, 1.807) is 18.2 Å². The summed E-state index contributed by atoms with van der Waals surface area (Å²) in [6, 6.07) is 5.35. The summed E-state index contributed by atoms with van der Waals surface area (Å²) >= 11 is 0. The zero-order valence-electron chi connectivity index (χ0n) is 11.4. The maximum atomic E-state index is 10.9. The Kier molecular flexibility index (Phi) is 4.24. The van der Waals surface area contributed by atoms with Gasteiger partial charge in [-0.15, -0.1) is 0 Å². The van der Waals surface area contributed by atoms with Gasteiger partial charge in [-0.05, 0) is 26.0 Å².